The van der Waals surface area contributed by atoms with Crippen molar-refractivity contribution in [2.75, 3.05) is 18.8 Å². The molecule has 1 rings (SSSR count). The van der Waals surface area contributed by atoms with Crippen LogP contribution in [-0.4, -0.2) is 32.5 Å². The standard InChI is InChI=1S/C10H19NO2S/c1-9(2)14(12,13)8-5-10-3-6-11-7-4-10/h3,9,11H,4-8H2,1-2H3. The van der Waals surface area contributed by atoms with E-state index < -0.39 is 9.84 Å². The van der Waals surface area contributed by atoms with Gasteiger partial charge in [-0.3, -0.25) is 0 Å². The topological polar surface area (TPSA) is 46.2 Å². The highest BCUT2D eigenvalue weighted by Crippen LogP contribution is 2.12. The average Bonchev–Trinajstić information content (AvgIpc) is 2.16. The van der Waals surface area contributed by atoms with Gasteiger partial charge in [-0.2, -0.15) is 0 Å². The van der Waals surface area contributed by atoms with Gasteiger partial charge in [0.05, 0.1) is 11.0 Å². The van der Waals surface area contributed by atoms with Crippen molar-refractivity contribution in [3.05, 3.63) is 11.6 Å². The molecule has 1 heterocycles. The van der Waals surface area contributed by atoms with Crippen LogP contribution < -0.4 is 5.32 Å². The van der Waals surface area contributed by atoms with E-state index in [2.05, 4.69) is 11.4 Å². The van der Waals surface area contributed by atoms with Crippen molar-refractivity contribution in [2.24, 2.45) is 0 Å². The summed E-state index contributed by atoms with van der Waals surface area (Å²) in [6.45, 7) is 5.35. The van der Waals surface area contributed by atoms with Crippen LogP contribution in [0.4, 0.5) is 0 Å². The molecule has 0 saturated heterocycles. The van der Waals surface area contributed by atoms with Crippen LogP contribution in [0.15, 0.2) is 11.6 Å². The van der Waals surface area contributed by atoms with Gasteiger partial charge in [0.25, 0.3) is 0 Å². The fourth-order valence-corrected chi connectivity index (χ4v) is 2.42. The van der Waals surface area contributed by atoms with Gasteiger partial charge in [-0.1, -0.05) is 11.6 Å². The molecule has 0 aromatic heterocycles. The van der Waals surface area contributed by atoms with Crippen molar-refractivity contribution in [1.82, 2.24) is 5.32 Å². The predicted octanol–water partition coefficient (Wildman–Crippen LogP) is 1.12. The minimum Gasteiger partial charge on any atom is -0.313 e. The number of hydrogen-bond acceptors (Lipinski definition) is 3. The highest BCUT2D eigenvalue weighted by molar-refractivity contribution is 7.91. The van der Waals surface area contributed by atoms with E-state index >= 15 is 0 Å². The monoisotopic (exact) mass is 217 g/mol. The Morgan fingerprint density at radius 2 is 2.21 bits per heavy atom. The Labute approximate surface area is 86.5 Å². The highest BCUT2D eigenvalue weighted by atomic mass is 32.2. The third kappa shape index (κ3) is 3.42. The van der Waals surface area contributed by atoms with Crippen LogP contribution in [-0.2, 0) is 9.84 Å². The predicted molar refractivity (Wildman–Crippen MR) is 59.1 cm³/mol. The van der Waals surface area contributed by atoms with Gasteiger partial charge in [-0.15, -0.1) is 0 Å². The summed E-state index contributed by atoms with van der Waals surface area (Å²) in [5, 5.41) is 2.96. The second-order valence-corrected chi connectivity index (χ2v) is 6.66. The second kappa shape index (κ2) is 4.94. The summed E-state index contributed by atoms with van der Waals surface area (Å²) in [7, 11) is -2.86. The first-order chi connectivity index (χ1) is 6.52. The van der Waals surface area contributed by atoms with Gasteiger partial charge in [0.15, 0.2) is 9.84 Å². The first-order valence-electron chi connectivity index (χ1n) is 5.12. The lowest BCUT2D eigenvalue weighted by Crippen LogP contribution is -2.23. The van der Waals surface area contributed by atoms with Crippen molar-refractivity contribution >= 4 is 9.84 Å². The van der Waals surface area contributed by atoms with Crippen LogP contribution in [0.25, 0.3) is 0 Å². The van der Waals surface area contributed by atoms with E-state index in [1.165, 1.54) is 5.57 Å². The fourth-order valence-electron chi connectivity index (χ4n) is 1.41. The minimum atomic E-state index is -2.86. The molecule has 0 unspecified atom stereocenters. The summed E-state index contributed by atoms with van der Waals surface area (Å²) in [4.78, 5) is 0. The molecule has 1 N–H and O–H groups in total. The van der Waals surface area contributed by atoms with Crippen molar-refractivity contribution in [1.29, 1.82) is 0 Å². The van der Waals surface area contributed by atoms with Crippen LogP contribution in [0.3, 0.4) is 0 Å². The van der Waals surface area contributed by atoms with Crippen molar-refractivity contribution in [2.45, 2.75) is 31.9 Å². The molecule has 0 aliphatic carbocycles. The van der Waals surface area contributed by atoms with Gasteiger partial charge in [-0.25, -0.2) is 8.42 Å². The van der Waals surface area contributed by atoms with E-state index in [1.807, 2.05) is 0 Å². The minimum absolute atomic E-state index is 0.246. The Kier molecular flexibility index (Phi) is 4.13. The maximum absolute atomic E-state index is 11.5. The summed E-state index contributed by atoms with van der Waals surface area (Å²) in [6.07, 6.45) is 3.81. The molecule has 0 saturated carbocycles. The van der Waals surface area contributed by atoms with Gasteiger partial charge < -0.3 is 5.32 Å². The van der Waals surface area contributed by atoms with E-state index in [9.17, 15) is 8.42 Å². The molecule has 82 valence electrons. The number of nitrogens with one attached hydrogen (secondary N) is 1. The molecular weight excluding hydrogens is 198 g/mol. The molecule has 0 fully saturated rings. The first kappa shape index (κ1) is 11.7. The van der Waals surface area contributed by atoms with Gasteiger partial charge in [-0.05, 0) is 33.2 Å². The van der Waals surface area contributed by atoms with Crippen LogP contribution >= 0.6 is 0 Å². The maximum atomic E-state index is 11.5. The Morgan fingerprint density at radius 1 is 1.50 bits per heavy atom. The number of sulfone groups is 1. The molecule has 0 atom stereocenters. The molecule has 14 heavy (non-hydrogen) atoms. The van der Waals surface area contributed by atoms with E-state index in [0.29, 0.717) is 12.2 Å². The molecule has 1 aliphatic heterocycles. The van der Waals surface area contributed by atoms with Crippen molar-refractivity contribution in [3.63, 3.8) is 0 Å². The summed E-state index contributed by atoms with van der Waals surface area (Å²) < 4.78 is 23.1. The zero-order valence-electron chi connectivity index (χ0n) is 8.91. The highest BCUT2D eigenvalue weighted by Gasteiger charge is 2.16. The summed E-state index contributed by atoms with van der Waals surface area (Å²) in [5.74, 6) is 0.302. The van der Waals surface area contributed by atoms with Crippen LogP contribution in [0, 0.1) is 0 Å². The molecule has 0 aromatic carbocycles. The normalized spacial score (nSPS) is 18.4. The molecule has 0 aromatic rings. The van der Waals surface area contributed by atoms with Gasteiger partial charge in [0, 0.05) is 6.54 Å². The molecule has 4 heteroatoms. The molecule has 1 aliphatic rings. The lowest BCUT2D eigenvalue weighted by atomic mass is 10.1. The third-order valence-electron chi connectivity index (χ3n) is 2.58. The zero-order valence-corrected chi connectivity index (χ0v) is 9.73. The summed E-state index contributed by atoms with van der Waals surface area (Å²) in [5.41, 5.74) is 1.29. The Hall–Kier alpha value is -0.350. The quantitative estimate of drug-likeness (QED) is 0.718. The Morgan fingerprint density at radius 3 is 2.71 bits per heavy atom. The maximum Gasteiger partial charge on any atom is 0.152 e. The van der Waals surface area contributed by atoms with Crippen LogP contribution in [0.1, 0.15) is 26.7 Å². The summed E-state index contributed by atoms with van der Waals surface area (Å²) in [6, 6.07) is 0. The number of hydrogen-bond donors (Lipinski definition) is 1. The molecule has 3 nitrogen and oxygen atoms in total. The zero-order chi connectivity index (χ0) is 10.6. The largest absolute Gasteiger partial charge is 0.313 e. The molecule has 0 amide bonds. The first-order valence-corrected chi connectivity index (χ1v) is 6.84. The molecular formula is C10H19NO2S. The lowest BCUT2D eigenvalue weighted by molar-refractivity contribution is 0.585. The third-order valence-corrected chi connectivity index (χ3v) is 4.79. The molecule has 0 radical (unpaired) electrons. The van der Waals surface area contributed by atoms with E-state index in [1.54, 1.807) is 13.8 Å². The van der Waals surface area contributed by atoms with Crippen LogP contribution in [0.2, 0.25) is 0 Å². The molecule has 0 bridgehead atoms. The van der Waals surface area contributed by atoms with E-state index in [0.717, 1.165) is 19.5 Å². The van der Waals surface area contributed by atoms with Crippen molar-refractivity contribution < 1.29 is 8.42 Å². The fraction of sp³-hybridized carbons (Fsp3) is 0.800. The smallest absolute Gasteiger partial charge is 0.152 e. The second-order valence-electron chi connectivity index (χ2n) is 3.98. The Balaban J connectivity index is 2.44. The van der Waals surface area contributed by atoms with Crippen LogP contribution in [0.5, 0.6) is 0 Å². The van der Waals surface area contributed by atoms with Gasteiger partial charge in [0.2, 0.25) is 0 Å². The summed E-state index contributed by atoms with van der Waals surface area (Å²) >= 11 is 0. The van der Waals surface area contributed by atoms with Gasteiger partial charge in [0.1, 0.15) is 0 Å². The van der Waals surface area contributed by atoms with E-state index in [-0.39, 0.29) is 5.25 Å². The average molecular weight is 217 g/mol. The van der Waals surface area contributed by atoms with Crippen molar-refractivity contribution in [3.8, 4) is 0 Å². The Bertz CT molecular complexity index is 304. The van der Waals surface area contributed by atoms with E-state index in [4.69, 9.17) is 0 Å². The number of rotatable bonds is 4. The lowest BCUT2D eigenvalue weighted by Gasteiger charge is -2.14. The molecule has 0 spiro atoms. The van der Waals surface area contributed by atoms with Gasteiger partial charge >= 0.3 is 0 Å². The SMILES string of the molecule is CC(C)S(=O)(=O)CCC1=CCNCC1.